The van der Waals surface area contributed by atoms with Gasteiger partial charge in [-0.3, -0.25) is 0 Å². The van der Waals surface area contributed by atoms with Crippen LogP contribution in [0.2, 0.25) is 0 Å². The number of hydrogen-bond donors (Lipinski definition) is 0. The first-order chi connectivity index (χ1) is 8.42. The SMILES string of the molecule is Cc1ccccc1C1OCC(C)(C)C(C(C)C)O1. The highest BCUT2D eigenvalue weighted by molar-refractivity contribution is 5.27. The summed E-state index contributed by atoms with van der Waals surface area (Å²) >= 11 is 0. The summed E-state index contributed by atoms with van der Waals surface area (Å²) in [6, 6.07) is 8.28. The largest absolute Gasteiger partial charge is 0.348 e. The molecule has 2 nitrogen and oxygen atoms in total. The van der Waals surface area contributed by atoms with Crippen molar-refractivity contribution in [3.63, 3.8) is 0 Å². The minimum Gasteiger partial charge on any atom is -0.348 e. The fourth-order valence-electron chi connectivity index (χ4n) is 2.80. The molecule has 0 saturated carbocycles. The molecule has 1 aliphatic heterocycles. The van der Waals surface area contributed by atoms with Crippen LogP contribution in [-0.4, -0.2) is 12.7 Å². The van der Waals surface area contributed by atoms with Gasteiger partial charge in [-0.1, -0.05) is 52.0 Å². The predicted molar refractivity (Wildman–Crippen MR) is 73.4 cm³/mol. The molecule has 0 spiro atoms. The van der Waals surface area contributed by atoms with Crippen LogP contribution in [0.25, 0.3) is 0 Å². The Kier molecular flexibility index (Phi) is 3.79. The van der Waals surface area contributed by atoms with E-state index in [-0.39, 0.29) is 17.8 Å². The van der Waals surface area contributed by atoms with Gasteiger partial charge in [0, 0.05) is 11.0 Å². The molecule has 2 rings (SSSR count). The Hall–Kier alpha value is -0.860. The van der Waals surface area contributed by atoms with Crippen molar-refractivity contribution in [3.8, 4) is 0 Å². The van der Waals surface area contributed by atoms with Gasteiger partial charge in [-0.05, 0) is 18.4 Å². The van der Waals surface area contributed by atoms with Crippen LogP contribution in [0, 0.1) is 18.3 Å². The van der Waals surface area contributed by atoms with Crippen molar-refractivity contribution in [1.82, 2.24) is 0 Å². The number of rotatable bonds is 2. The maximum Gasteiger partial charge on any atom is 0.184 e. The lowest BCUT2D eigenvalue weighted by atomic mass is 9.80. The van der Waals surface area contributed by atoms with E-state index in [0.29, 0.717) is 5.92 Å². The predicted octanol–water partition coefficient (Wildman–Crippen LogP) is 4.09. The zero-order chi connectivity index (χ0) is 13.3. The van der Waals surface area contributed by atoms with Crippen LogP contribution in [-0.2, 0) is 9.47 Å². The van der Waals surface area contributed by atoms with Crippen molar-refractivity contribution in [2.45, 2.75) is 47.0 Å². The molecule has 2 heteroatoms. The summed E-state index contributed by atoms with van der Waals surface area (Å²) in [5.74, 6) is 0.496. The molecule has 0 amide bonds. The molecule has 1 saturated heterocycles. The third-order valence-corrected chi connectivity index (χ3v) is 3.70. The second-order valence-electron chi connectivity index (χ2n) is 6.29. The number of hydrogen-bond acceptors (Lipinski definition) is 2. The normalized spacial score (nSPS) is 27.4. The van der Waals surface area contributed by atoms with Crippen molar-refractivity contribution in [2.75, 3.05) is 6.61 Å². The minimum absolute atomic E-state index is 0.0767. The zero-order valence-electron chi connectivity index (χ0n) is 12.1. The maximum atomic E-state index is 6.21. The number of aryl methyl sites for hydroxylation is 1. The molecule has 1 aromatic rings. The summed E-state index contributed by atoms with van der Waals surface area (Å²) in [7, 11) is 0. The van der Waals surface area contributed by atoms with Crippen LogP contribution in [0.4, 0.5) is 0 Å². The molecule has 2 unspecified atom stereocenters. The van der Waals surface area contributed by atoms with Gasteiger partial charge in [0.1, 0.15) is 0 Å². The van der Waals surface area contributed by atoms with Gasteiger partial charge in [0.25, 0.3) is 0 Å². The van der Waals surface area contributed by atoms with Crippen molar-refractivity contribution in [3.05, 3.63) is 35.4 Å². The molecule has 100 valence electrons. The van der Waals surface area contributed by atoms with E-state index in [4.69, 9.17) is 9.47 Å². The standard InChI is InChI=1S/C16H24O2/c1-11(2)14-16(4,5)10-17-15(18-14)13-9-7-6-8-12(13)3/h6-9,11,14-15H,10H2,1-5H3. The molecular weight excluding hydrogens is 224 g/mol. The van der Waals surface area contributed by atoms with E-state index in [1.54, 1.807) is 0 Å². The van der Waals surface area contributed by atoms with Crippen LogP contribution >= 0.6 is 0 Å². The molecule has 2 atom stereocenters. The first-order valence-corrected chi connectivity index (χ1v) is 6.74. The fourth-order valence-corrected chi connectivity index (χ4v) is 2.80. The lowest BCUT2D eigenvalue weighted by Gasteiger charge is -2.44. The molecule has 18 heavy (non-hydrogen) atoms. The van der Waals surface area contributed by atoms with E-state index in [1.807, 2.05) is 12.1 Å². The number of ether oxygens (including phenoxy) is 2. The van der Waals surface area contributed by atoms with Gasteiger partial charge in [-0.2, -0.15) is 0 Å². The average molecular weight is 248 g/mol. The maximum absolute atomic E-state index is 6.21. The van der Waals surface area contributed by atoms with E-state index in [0.717, 1.165) is 12.2 Å². The lowest BCUT2D eigenvalue weighted by Crippen LogP contribution is -2.45. The topological polar surface area (TPSA) is 18.5 Å². The highest BCUT2D eigenvalue weighted by Gasteiger charge is 2.40. The summed E-state index contributed by atoms with van der Waals surface area (Å²) in [6.07, 6.45) is 0.0162. The Morgan fingerprint density at radius 3 is 2.50 bits per heavy atom. The lowest BCUT2D eigenvalue weighted by molar-refractivity contribution is -0.274. The Labute approximate surface area is 110 Å². The summed E-state index contributed by atoms with van der Waals surface area (Å²) in [4.78, 5) is 0. The summed E-state index contributed by atoms with van der Waals surface area (Å²) in [6.45, 7) is 11.7. The van der Waals surface area contributed by atoms with Gasteiger partial charge < -0.3 is 9.47 Å². The van der Waals surface area contributed by atoms with Gasteiger partial charge in [-0.15, -0.1) is 0 Å². The molecule has 1 fully saturated rings. The summed E-state index contributed by atoms with van der Waals surface area (Å²) in [5.41, 5.74) is 2.45. The summed E-state index contributed by atoms with van der Waals surface area (Å²) < 4.78 is 12.1. The van der Waals surface area contributed by atoms with E-state index >= 15 is 0 Å². The van der Waals surface area contributed by atoms with Gasteiger partial charge in [-0.25, -0.2) is 0 Å². The Morgan fingerprint density at radius 1 is 1.22 bits per heavy atom. The molecule has 0 radical (unpaired) electrons. The van der Waals surface area contributed by atoms with Gasteiger partial charge >= 0.3 is 0 Å². The molecule has 0 aliphatic carbocycles. The van der Waals surface area contributed by atoms with Crippen LogP contribution in [0.5, 0.6) is 0 Å². The molecule has 1 aliphatic rings. The minimum atomic E-state index is -0.216. The smallest absolute Gasteiger partial charge is 0.184 e. The highest BCUT2D eigenvalue weighted by atomic mass is 16.7. The van der Waals surface area contributed by atoms with Crippen molar-refractivity contribution < 1.29 is 9.47 Å². The van der Waals surface area contributed by atoms with Gasteiger partial charge in [0.15, 0.2) is 6.29 Å². The van der Waals surface area contributed by atoms with Gasteiger partial charge in [0.2, 0.25) is 0 Å². The Balaban J connectivity index is 2.21. The molecule has 0 aromatic heterocycles. The average Bonchev–Trinajstić information content (AvgIpc) is 2.29. The molecule has 0 bridgehead atoms. The van der Waals surface area contributed by atoms with E-state index in [1.165, 1.54) is 5.56 Å². The number of benzene rings is 1. The van der Waals surface area contributed by atoms with E-state index in [9.17, 15) is 0 Å². The van der Waals surface area contributed by atoms with E-state index < -0.39 is 0 Å². The highest BCUT2D eigenvalue weighted by Crippen LogP contribution is 2.40. The first kappa shape index (κ1) is 13.6. The van der Waals surface area contributed by atoms with Crippen molar-refractivity contribution >= 4 is 0 Å². The van der Waals surface area contributed by atoms with E-state index in [2.05, 4.69) is 46.8 Å². The molecule has 1 heterocycles. The van der Waals surface area contributed by atoms with Crippen molar-refractivity contribution in [2.24, 2.45) is 11.3 Å². The molecule has 1 aromatic carbocycles. The third kappa shape index (κ3) is 2.60. The first-order valence-electron chi connectivity index (χ1n) is 6.74. The van der Waals surface area contributed by atoms with Gasteiger partial charge in [0.05, 0.1) is 12.7 Å². The van der Waals surface area contributed by atoms with Crippen LogP contribution < -0.4 is 0 Å². The third-order valence-electron chi connectivity index (χ3n) is 3.70. The summed E-state index contributed by atoms with van der Waals surface area (Å²) in [5, 5.41) is 0. The molecule has 0 N–H and O–H groups in total. The Morgan fingerprint density at radius 2 is 1.89 bits per heavy atom. The second kappa shape index (κ2) is 5.02. The molecular formula is C16H24O2. The Bertz CT molecular complexity index is 409. The van der Waals surface area contributed by atoms with Crippen LogP contribution in [0.1, 0.15) is 45.1 Å². The quantitative estimate of drug-likeness (QED) is 0.784. The van der Waals surface area contributed by atoms with Crippen LogP contribution in [0.3, 0.4) is 0 Å². The zero-order valence-corrected chi connectivity index (χ0v) is 12.1. The fraction of sp³-hybridized carbons (Fsp3) is 0.625. The second-order valence-corrected chi connectivity index (χ2v) is 6.29. The monoisotopic (exact) mass is 248 g/mol. The van der Waals surface area contributed by atoms with Crippen molar-refractivity contribution in [1.29, 1.82) is 0 Å². The van der Waals surface area contributed by atoms with Crippen LogP contribution in [0.15, 0.2) is 24.3 Å².